The van der Waals surface area contributed by atoms with Gasteiger partial charge in [-0.05, 0) is 29.7 Å². The quantitative estimate of drug-likeness (QED) is 0.222. The van der Waals surface area contributed by atoms with Gasteiger partial charge in [-0.2, -0.15) is 5.10 Å². The molecule has 7 nitrogen and oxygen atoms in total. The normalized spacial score (nSPS) is 17.1. The molecule has 0 bridgehead atoms. The van der Waals surface area contributed by atoms with E-state index in [1.165, 1.54) is 5.39 Å². The Hall–Kier alpha value is -2.58. The summed E-state index contributed by atoms with van der Waals surface area (Å²) in [6.07, 6.45) is 4.14. The minimum Gasteiger partial charge on any atom is -0.366 e. The average Bonchev–Trinajstić information content (AvgIpc) is 2.86. The topological polar surface area (TPSA) is 87.0 Å². The van der Waals surface area contributed by atoms with Crippen molar-refractivity contribution < 1.29 is 0 Å². The van der Waals surface area contributed by atoms with Crippen LogP contribution in [0.1, 0.15) is 31.9 Å². The number of fused-ring (bicyclic) bond motifs is 1. The summed E-state index contributed by atoms with van der Waals surface area (Å²) < 4.78 is 0. The van der Waals surface area contributed by atoms with Crippen LogP contribution in [-0.2, 0) is 0 Å². The molecule has 2 atom stereocenters. The molecule has 2 unspecified atom stereocenters. The first kappa shape index (κ1) is 24.5. The van der Waals surface area contributed by atoms with Gasteiger partial charge in [0.1, 0.15) is 0 Å². The van der Waals surface area contributed by atoms with E-state index in [9.17, 15) is 0 Å². The number of hydrazone groups is 1. The van der Waals surface area contributed by atoms with Crippen molar-refractivity contribution in [2.24, 2.45) is 16.8 Å². The minimum atomic E-state index is -0.194. The summed E-state index contributed by atoms with van der Waals surface area (Å²) in [4.78, 5) is 8.67. The summed E-state index contributed by atoms with van der Waals surface area (Å²) in [5, 5.41) is 9.40. The molecule has 1 aromatic heterocycles. The zero-order valence-electron chi connectivity index (χ0n) is 19.5. The van der Waals surface area contributed by atoms with Gasteiger partial charge < -0.3 is 10.7 Å². The lowest BCUT2D eigenvalue weighted by molar-refractivity contribution is 0.206. The van der Waals surface area contributed by atoms with E-state index in [2.05, 4.69) is 76.2 Å². The SMILES string of the molecule is CCC(C)N(N)/C(=N\N)C(c1cccc2ccccc12)N1CCN(c2c(Cl)cncc2Cl)CC1. The summed E-state index contributed by atoms with van der Waals surface area (Å²) >= 11 is 12.9. The van der Waals surface area contributed by atoms with Gasteiger partial charge in [-0.3, -0.25) is 14.9 Å². The molecule has 9 heteroatoms. The summed E-state index contributed by atoms with van der Waals surface area (Å²) in [6.45, 7) is 7.20. The summed E-state index contributed by atoms with van der Waals surface area (Å²) in [5.74, 6) is 13.2. The molecule has 4 N–H and O–H groups in total. The first-order valence-electron chi connectivity index (χ1n) is 11.5. The Balaban J connectivity index is 1.71. The van der Waals surface area contributed by atoms with Crippen molar-refractivity contribution >= 4 is 45.5 Å². The van der Waals surface area contributed by atoms with Crippen LogP contribution < -0.4 is 16.6 Å². The molecule has 2 heterocycles. The molecule has 0 saturated carbocycles. The van der Waals surface area contributed by atoms with E-state index in [1.54, 1.807) is 17.4 Å². The van der Waals surface area contributed by atoms with E-state index in [-0.39, 0.29) is 12.1 Å². The van der Waals surface area contributed by atoms with Crippen LogP contribution in [0.5, 0.6) is 0 Å². The minimum absolute atomic E-state index is 0.0931. The highest BCUT2D eigenvalue weighted by Gasteiger charge is 2.34. The van der Waals surface area contributed by atoms with Gasteiger partial charge in [0.2, 0.25) is 0 Å². The van der Waals surface area contributed by atoms with E-state index in [0.717, 1.165) is 49.2 Å². The van der Waals surface area contributed by atoms with E-state index < -0.39 is 0 Å². The number of nitrogens with zero attached hydrogens (tertiary/aromatic N) is 5. The van der Waals surface area contributed by atoms with Gasteiger partial charge in [0.05, 0.1) is 21.8 Å². The van der Waals surface area contributed by atoms with Crippen molar-refractivity contribution in [2.75, 3.05) is 31.1 Å². The third-order valence-corrected chi connectivity index (χ3v) is 7.20. The number of pyridine rings is 1. The van der Waals surface area contributed by atoms with Crippen molar-refractivity contribution in [1.29, 1.82) is 0 Å². The van der Waals surface area contributed by atoms with E-state index in [4.69, 9.17) is 34.9 Å². The molecule has 1 aliphatic heterocycles. The van der Waals surface area contributed by atoms with E-state index >= 15 is 0 Å². The number of halogens is 2. The van der Waals surface area contributed by atoms with Gasteiger partial charge in [-0.15, -0.1) is 0 Å². The number of amidine groups is 1. The van der Waals surface area contributed by atoms with Crippen LogP contribution in [-0.4, -0.2) is 52.9 Å². The monoisotopic (exact) mass is 499 g/mol. The van der Waals surface area contributed by atoms with Crippen molar-refractivity contribution in [2.45, 2.75) is 32.4 Å². The zero-order chi connectivity index (χ0) is 24.2. The van der Waals surface area contributed by atoms with Crippen LogP contribution in [0.2, 0.25) is 10.0 Å². The number of anilines is 1. The van der Waals surface area contributed by atoms with Gasteiger partial charge in [0, 0.05) is 44.6 Å². The summed E-state index contributed by atoms with van der Waals surface area (Å²) in [6, 6.07) is 14.6. The maximum atomic E-state index is 6.57. The molecular formula is C25H31Cl2N7. The largest absolute Gasteiger partial charge is 0.366 e. The Morgan fingerprint density at radius 1 is 1.06 bits per heavy atom. The molecule has 0 aliphatic carbocycles. The Bertz CT molecular complexity index is 1140. The number of nitrogens with two attached hydrogens (primary N) is 2. The van der Waals surface area contributed by atoms with Gasteiger partial charge in [0.15, 0.2) is 5.84 Å². The Kier molecular flexibility index (Phi) is 7.78. The molecule has 180 valence electrons. The number of hydrogen-bond donors (Lipinski definition) is 2. The molecule has 4 rings (SSSR count). The second-order valence-electron chi connectivity index (χ2n) is 8.60. The second-order valence-corrected chi connectivity index (χ2v) is 9.41. The molecule has 2 aromatic carbocycles. The predicted molar refractivity (Wildman–Crippen MR) is 142 cm³/mol. The molecule has 3 aromatic rings. The number of aromatic nitrogens is 1. The smallest absolute Gasteiger partial charge is 0.160 e. The van der Waals surface area contributed by atoms with Crippen molar-refractivity contribution in [3.8, 4) is 0 Å². The lowest BCUT2D eigenvalue weighted by Crippen LogP contribution is -2.55. The van der Waals surface area contributed by atoms with Crippen molar-refractivity contribution in [1.82, 2.24) is 14.9 Å². The van der Waals surface area contributed by atoms with E-state index in [0.29, 0.717) is 15.9 Å². The van der Waals surface area contributed by atoms with Gasteiger partial charge in [-0.1, -0.05) is 72.6 Å². The van der Waals surface area contributed by atoms with Crippen LogP contribution in [0.15, 0.2) is 60.0 Å². The van der Waals surface area contributed by atoms with Crippen LogP contribution in [0, 0.1) is 0 Å². The van der Waals surface area contributed by atoms with Crippen LogP contribution in [0.4, 0.5) is 5.69 Å². The summed E-state index contributed by atoms with van der Waals surface area (Å²) in [5.41, 5.74) is 1.96. The molecule has 1 saturated heterocycles. The van der Waals surface area contributed by atoms with Crippen molar-refractivity contribution in [3.63, 3.8) is 0 Å². The van der Waals surface area contributed by atoms with Crippen LogP contribution in [0.3, 0.4) is 0 Å². The van der Waals surface area contributed by atoms with Gasteiger partial charge in [-0.25, -0.2) is 5.84 Å². The third-order valence-electron chi connectivity index (χ3n) is 6.65. The lowest BCUT2D eigenvalue weighted by Gasteiger charge is -2.43. The number of rotatable bonds is 6. The lowest BCUT2D eigenvalue weighted by atomic mass is 9.95. The first-order chi connectivity index (χ1) is 16.5. The molecule has 0 radical (unpaired) electrons. The Morgan fingerprint density at radius 2 is 1.71 bits per heavy atom. The van der Waals surface area contributed by atoms with E-state index in [1.807, 2.05) is 0 Å². The fraction of sp³-hybridized carbons (Fsp3) is 0.360. The Labute approximate surface area is 210 Å². The van der Waals surface area contributed by atoms with Crippen molar-refractivity contribution in [3.05, 3.63) is 70.5 Å². The highest BCUT2D eigenvalue weighted by Crippen LogP contribution is 2.35. The summed E-state index contributed by atoms with van der Waals surface area (Å²) in [7, 11) is 0. The first-order valence-corrected chi connectivity index (χ1v) is 12.3. The average molecular weight is 500 g/mol. The van der Waals surface area contributed by atoms with Crippen LogP contribution in [0.25, 0.3) is 10.8 Å². The number of hydrogen-bond acceptors (Lipinski definition) is 6. The highest BCUT2D eigenvalue weighted by molar-refractivity contribution is 6.38. The molecular weight excluding hydrogens is 469 g/mol. The number of benzene rings is 2. The third kappa shape index (κ3) is 4.79. The fourth-order valence-electron chi connectivity index (χ4n) is 4.60. The standard InChI is InChI=1S/C25H31Cl2N7/c1-3-17(2)34(29)25(31-28)23(20-10-6-8-18-7-4-5-9-19(18)20)32-11-13-33(14-12-32)24-21(26)15-30-16-22(24)27/h4-10,15-17,23H,3,11-14,28-29H2,1-2H3/b31-25-. The zero-order valence-corrected chi connectivity index (χ0v) is 21.0. The van der Waals surface area contributed by atoms with Crippen LogP contribution >= 0.6 is 23.2 Å². The number of hydrazine groups is 1. The molecule has 0 amide bonds. The Morgan fingerprint density at radius 3 is 2.35 bits per heavy atom. The number of piperazine rings is 1. The fourth-order valence-corrected chi connectivity index (χ4v) is 5.20. The maximum Gasteiger partial charge on any atom is 0.160 e. The maximum absolute atomic E-state index is 6.57. The molecule has 34 heavy (non-hydrogen) atoms. The molecule has 1 aliphatic rings. The van der Waals surface area contributed by atoms with Gasteiger partial charge >= 0.3 is 0 Å². The highest BCUT2D eigenvalue weighted by atomic mass is 35.5. The second kappa shape index (κ2) is 10.8. The van der Waals surface area contributed by atoms with Gasteiger partial charge in [0.25, 0.3) is 0 Å². The predicted octanol–water partition coefficient (Wildman–Crippen LogP) is 4.65. The molecule has 0 spiro atoms. The molecule has 1 fully saturated rings.